The summed E-state index contributed by atoms with van der Waals surface area (Å²) in [6.07, 6.45) is 13.4. The Hall–Kier alpha value is -1.04. The molecule has 0 spiro atoms. The molecular weight excluding hydrogens is 348 g/mol. The molecule has 0 nitrogen and oxygen atoms in total. The second kappa shape index (κ2) is 7.00. The number of hydrogen-bond donors (Lipinski definition) is 0. The van der Waals surface area contributed by atoms with Gasteiger partial charge < -0.3 is 0 Å². The average molecular weight is 393 g/mol. The van der Waals surface area contributed by atoms with Gasteiger partial charge in [0, 0.05) is 5.41 Å². The molecule has 4 rings (SSSR count). The normalized spacial score (nSPS) is 24.0. The van der Waals surface area contributed by atoms with Crippen molar-refractivity contribution in [3.05, 3.63) is 44.6 Å². The number of allylic oxidation sites excluding steroid dienone is 8. The van der Waals surface area contributed by atoms with Crippen molar-refractivity contribution in [2.24, 2.45) is 16.2 Å². The molecule has 0 unspecified atom stereocenters. The molecule has 0 aliphatic heterocycles. The number of rotatable bonds is 2. The lowest BCUT2D eigenvalue weighted by molar-refractivity contribution is 0.440. The van der Waals surface area contributed by atoms with Crippen molar-refractivity contribution in [3.8, 4) is 0 Å². The average Bonchev–Trinajstić information content (AvgIpc) is 3.20. The van der Waals surface area contributed by atoms with Crippen LogP contribution >= 0.6 is 0 Å². The van der Waals surface area contributed by atoms with E-state index in [0.29, 0.717) is 0 Å². The zero-order valence-electron chi connectivity index (χ0n) is 20.6. The molecule has 0 fully saturated rings. The van der Waals surface area contributed by atoms with Crippen LogP contribution in [0.5, 0.6) is 0 Å². The second-order valence-electron chi connectivity index (χ2n) is 12.8. The third kappa shape index (κ3) is 3.53. The van der Waals surface area contributed by atoms with Crippen LogP contribution < -0.4 is 0 Å². The Kier molecular flexibility index (Phi) is 5.12. The first-order chi connectivity index (χ1) is 13.4. The lowest BCUT2D eigenvalue weighted by atomic mass is 9.66. The van der Waals surface area contributed by atoms with E-state index in [9.17, 15) is 0 Å². The van der Waals surface area contributed by atoms with Gasteiger partial charge in [-0.15, -0.1) is 0 Å². The van der Waals surface area contributed by atoms with Crippen LogP contribution in [0.2, 0.25) is 0 Å². The van der Waals surface area contributed by atoms with Crippen LogP contribution in [0.25, 0.3) is 0 Å². The SMILES string of the molecule is CC(C)(C)C1=C(C(C)(C)C2=C(C(C)(C)C)C3=C(CCCC3)C2)CC2=C1CCCC2. The van der Waals surface area contributed by atoms with E-state index in [1.807, 2.05) is 0 Å². The van der Waals surface area contributed by atoms with Crippen LogP contribution in [0.1, 0.15) is 120 Å². The summed E-state index contributed by atoms with van der Waals surface area (Å²) in [7, 11) is 0. The summed E-state index contributed by atoms with van der Waals surface area (Å²) in [6, 6.07) is 0. The smallest absolute Gasteiger partial charge is 0.00827 e. The highest BCUT2D eigenvalue weighted by atomic mass is 14.5. The van der Waals surface area contributed by atoms with Crippen molar-refractivity contribution < 1.29 is 0 Å². The lowest BCUT2D eigenvalue weighted by Crippen LogP contribution is -2.25. The fourth-order valence-electron chi connectivity index (χ4n) is 6.96. The standard InChI is InChI=1S/C29H44/c1-27(2,3)25-21-15-11-9-13-19(21)17-23(25)29(7,8)24-18-20-14-10-12-16-22(20)26(24)28(4,5)6/h9-18H2,1-8H3. The molecule has 0 saturated carbocycles. The molecule has 0 saturated heterocycles. The van der Waals surface area contributed by atoms with Gasteiger partial charge in [-0.1, -0.05) is 77.7 Å². The van der Waals surface area contributed by atoms with Crippen molar-refractivity contribution in [1.29, 1.82) is 0 Å². The molecule has 0 bridgehead atoms. The molecule has 29 heavy (non-hydrogen) atoms. The van der Waals surface area contributed by atoms with E-state index in [1.165, 1.54) is 64.2 Å². The van der Waals surface area contributed by atoms with Crippen LogP contribution in [-0.2, 0) is 0 Å². The van der Waals surface area contributed by atoms with Crippen LogP contribution in [0, 0.1) is 16.2 Å². The molecule has 160 valence electrons. The summed E-state index contributed by atoms with van der Waals surface area (Å²) >= 11 is 0. The van der Waals surface area contributed by atoms with E-state index in [-0.39, 0.29) is 16.2 Å². The summed E-state index contributed by atoms with van der Waals surface area (Å²) in [4.78, 5) is 0. The maximum atomic E-state index is 2.58. The van der Waals surface area contributed by atoms with Crippen LogP contribution in [0.4, 0.5) is 0 Å². The van der Waals surface area contributed by atoms with Crippen molar-refractivity contribution in [2.45, 2.75) is 120 Å². The van der Waals surface area contributed by atoms with Gasteiger partial charge in [-0.05, 0) is 97.3 Å². The van der Waals surface area contributed by atoms with Gasteiger partial charge >= 0.3 is 0 Å². The van der Waals surface area contributed by atoms with Crippen LogP contribution in [0.3, 0.4) is 0 Å². The summed E-state index contributed by atoms with van der Waals surface area (Å²) < 4.78 is 0. The molecule has 0 amide bonds. The van der Waals surface area contributed by atoms with Crippen LogP contribution in [-0.4, -0.2) is 0 Å². The van der Waals surface area contributed by atoms with E-state index < -0.39 is 0 Å². The minimum absolute atomic E-state index is 0.167. The van der Waals surface area contributed by atoms with Crippen molar-refractivity contribution in [3.63, 3.8) is 0 Å². The van der Waals surface area contributed by atoms with Crippen molar-refractivity contribution in [1.82, 2.24) is 0 Å². The minimum atomic E-state index is 0.167. The van der Waals surface area contributed by atoms with Gasteiger partial charge in [0.25, 0.3) is 0 Å². The van der Waals surface area contributed by atoms with Gasteiger partial charge in [0.05, 0.1) is 0 Å². The highest BCUT2D eigenvalue weighted by Gasteiger charge is 2.44. The monoisotopic (exact) mass is 392 g/mol. The summed E-state index contributed by atoms with van der Waals surface area (Å²) in [5.41, 5.74) is 14.8. The molecule has 0 heteroatoms. The Balaban J connectivity index is 1.86. The first-order valence-electron chi connectivity index (χ1n) is 12.3. The van der Waals surface area contributed by atoms with Gasteiger partial charge in [-0.25, -0.2) is 0 Å². The van der Waals surface area contributed by atoms with Gasteiger partial charge in [0.2, 0.25) is 0 Å². The third-order valence-corrected chi connectivity index (χ3v) is 8.16. The predicted molar refractivity (Wildman–Crippen MR) is 127 cm³/mol. The Morgan fingerprint density at radius 2 is 0.828 bits per heavy atom. The minimum Gasteiger partial charge on any atom is -0.0626 e. The Bertz CT molecular complexity index is 763. The first kappa shape index (κ1) is 21.2. The Morgan fingerprint density at radius 1 is 0.483 bits per heavy atom. The van der Waals surface area contributed by atoms with Gasteiger partial charge in [-0.2, -0.15) is 0 Å². The van der Waals surface area contributed by atoms with E-state index in [2.05, 4.69) is 55.4 Å². The topological polar surface area (TPSA) is 0 Å². The van der Waals surface area contributed by atoms with E-state index in [0.717, 1.165) is 0 Å². The number of hydrogen-bond acceptors (Lipinski definition) is 0. The zero-order valence-corrected chi connectivity index (χ0v) is 20.6. The molecule has 0 radical (unpaired) electrons. The summed E-state index contributed by atoms with van der Waals surface area (Å²) in [6.45, 7) is 19.9. The molecule has 0 N–H and O–H groups in total. The molecular formula is C29H44. The maximum Gasteiger partial charge on any atom is 0.00827 e. The molecule has 0 aromatic heterocycles. The van der Waals surface area contributed by atoms with E-state index >= 15 is 0 Å². The summed E-state index contributed by atoms with van der Waals surface area (Å²) in [5.74, 6) is 0. The van der Waals surface area contributed by atoms with E-state index in [1.54, 1.807) is 44.6 Å². The Morgan fingerprint density at radius 3 is 1.17 bits per heavy atom. The van der Waals surface area contributed by atoms with Crippen molar-refractivity contribution >= 4 is 0 Å². The third-order valence-electron chi connectivity index (χ3n) is 8.16. The Labute approximate surface area is 180 Å². The fourth-order valence-corrected chi connectivity index (χ4v) is 6.96. The molecule has 0 heterocycles. The predicted octanol–water partition coefficient (Wildman–Crippen LogP) is 9.25. The first-order valence-corrected chi connectivity index (χ1v) is 12.3. The van der Waals surface area contributed by atoms with Crippen molar-refractivity contribution in [2.75, 3.05) is 0 Å². The molecule has 0 atom stereocenters. The molecule has 4 aliphatic carbocycles. The highest BCUT2D eigenvalue weighted by molar-refractivity contribution is 5.59. The maximum absolute atomic E-state index is 2.58. The lowest BCUT2D eigenvalue weighted by Gasteiger charge is -2.38. The van der Waals surface area contributed by atoms with E-state index in [4.69, 9.17) is 0 Å². The second-order valence-corrected chi connectivity index (χ2v) is 12.8. The van der Waals surface area contributed by atoms with Gasteiger partial charge in [-0.3, -0.25) is 0 Å². The zero-order chi connectivity index (χ0) is 21.2. The van der Waals surface area contributed by atoms with Gasteiger partial charge in [0.15, 0.2) is 0 Å². The molecule has 0 aromatic carbocycles. The quantitative estimate of drug-likeness (QED) is 0.439. The van der Waals surface area contributed by atoms with Gasteiger partial charge in [0.1, 0.15) is 0 Å². The fraction of sp³-hybridized carbons (Fsp3) is 0.724. The largest absolute Gasteiger partial charge is 0.0626 e. The summed E-state index contributed by atoms with van der Waals surface area (Å²) in [5, 5.41) is 0. The molecule has 4 aliphatic rings. The molecule has 0 aromatic rings. The highest BCUT2D eigenvalue weighted by Crippen LogP contribution is 2.59. The van der Waals surface area contributed by atoms with Crippen LogP contribution in [0.15, 0.2) is 44.6 Å².